The van der Waals surface area contributed by atoms with E-state index in [2.05, 4.69) is 36.5 Å². The monoisotopic (exact) mass is 270 g/mol. The van der Waals surface area contributed by atoms with E-state index in [-0.39, 0.29) is 10.6 Å². The van der Waals surface area contributed by atoms with Gasteiger partial charge in [0.2, 0.25) is 0 Å². The fraction of sp³-hybridized carbons (Fsp3) is 0.250. The maximum atomic E-state index is 10.6. The Morgan fingerprint density at radius 2 is 1.60 bits per heavy atom. The molecule has 0 heterocycles. The van der Waals surface area contributed by atoms with Gasteiger partial charge in [0, 0.05) is 24.4 Å². The van der Waals surface area contributed by atoms with Crippen molar-refractivity contribution in [1.82, 2.24) is 0 Å². The minimum absolute atomic E-state index is 0.136. The fourth-order valence-electron chi connectivity index (χ4n) is 1.99. The van der Waals surface area contributed by atoms with Crippen molar-refractivity contribution in [2.45, 2.75) is 19.8 Å². The molecule has 0 aliphatic rings. The van der Waals surface area contributed by atoms with Crippen molar-refractivity contribution in [2.24, 2.45) is 0 Å². The van der Waals surface area contributed by atoms with Crippen LogP contribution >= 0.6 is 0 Å². The summed E-state index contributed by atoms with van der Waals surface area (Å²) in [5.41, 5.74) is 3.65. The number of nitrogens with one attached hydrogen (secondary N) is 1. The Kier molecular flexibility index (Phi) is 4.71. The molecule has 0 unspecified atom stereocenters. The number of non-ortho nitro benzene ring substituents is 1. The van der Waals surface area contributed by atoms with Crippen molar-refractivity contribution < 1.29 is 4.92 Å². The molecular formula is C16H18N2O2. The zero-order valence-electron chi connectivity index (χ0n) is 11.5. The second-order valence-corrected chi connectivity index (χ2v) is 4.65. The third-order valence-corrected chi connectivity index (χ3v) is 3.25. The highest BCUT2D eigenvalue weighted by molar-refractivity contribution is 5.44. The highest BCUT2D eigenvalue weighted by Gasteiger charge is 2.03. The van der Waals surface area contributed by atoms with E-state index in [4.69, 9.17) is 0 Å². The summed E-state index contributed by atoms with van der Waals surface area (Å²) in [6, 6.07) is 15.1. The van der Waals surface area contributed by atoms with Gasteiger partial charge in [0.25, 0.3) is 5.69 Å². The molecular weight excluding hydrogens is 252 g/mol. The third-order valence-electron chi connectivity index (χ3n) is 3.25. The predicted molar refractivity (Wildman–Crippen MR) is 81.1 cm³/mol. The number of hydrogen-bond donors (Lipinski definition) is 1. The fourth-order valence-corrected chi connectivity index (χ4v) is 1.99. The first kappa shape index (κ1) is 14.1. The van der Waals surface area contributed by atoms with E-state index in [1.54, 1.807) is 24.3 Å². The predicted octanol–water partition coefficient (Wildman–Crippen LogP) is 3.81. The number of rotatable bonds is 6. The molecule has 2 aromatic carbocycles. The van der Waals surface area contributed by atoms with Gasteiger partial charge in [-0.3, -0.25) is 10.1 Å². The highest BCUT2D eigenvalue weighted by Crippen LogP contribution is 2.13. The Morgan fingerprint density at radius 1 is 1.00 bits per heavy atom. The molecule has 0 saturated heterocycles. The standard InChI is InChI=1S/C16H18N2O2/c1-2-13-3-7-15(8-4-13)17-12-11-14-5-9-16(10-6-14)18(19)20/h3-10,17H,2,11-12H2,1H3. The van der Waals surface area contributed by atoms with E-state index >= 15 is 0 Å². The van der Waals surface area contributed by atoms with Gasteiger partial charge in [0.15, 0.2) is 0 Å². The lowest BCUT2D eigenvalue weighted by molar-refractivity contribution is -0.384. The third kappa shape index (κ3) is 3.82. The van der Waals surface area contributed by atoms with E-state index in [1.807, 2.05) is 0 Å². The van der Waals surface area contributed by atoms with Crippen molar-refractivity contribution in [3.63, 3.8) is 0 Å². The largest absolute Gasteiger partial charge is 0.385 e. The van der Waals surface area contributed by atoms with Crippen molar-refractivity contribution in [3.05, 3.63) is 69.8 Å². The van der Waals surface area contributed by atoms with Gasteiger partial charge in [-0.15, -0.1) is 0 Å². The Morgan fingerprint density at radius 3 is 2.15 bits per heavy atom. The number of anilines is 1. The van der Waals surface area contributed by atoms with Gasteiger partial charge in [0.1, 0.15) is 0 Å². The lowest BCUT2D eigenvalue weighted by Gasteiger charge is -2.07. The maximum Gasteiger partial charge on any atom is 0.269 e. The zero-order chi connectivity index (χ0) is 14.4. The highest BCUT2D eigenvalue weighted by atomic mass is 16.6. The molecule has 104 valence electrons. The Hall–Kier alpha value is -2.36. The van der Waals surface area contributed by atoms with E-state index in [0.717, 1.165) is 30.6 Å². The Bertz CT molecular complexity index is 562. The summed E-state index contributed by atoms with van der Waals surface area (Å²) in [7, 11) is 0. The van der Waals surface area contributed by atoms with Crippen LogP contribution in [-0.4, -0.2) is 11.5 Å². The lowest BCUT2D eigenvalue weighted by Crippen LogP contribution is -2.04. The minimum atomic E-state index is -0.378. The molecule has 0 bridgehead atoms. The van der Waals surface area contributed by atoms with Crippen molar-refractivity contribution in [1.29, 1.82) is 0 Å². The van der Waals surface area contributed by atoms with Gasteiger partial charge in [-0.1, -0.05) is 31.2 Å². The molecule has 0 atom stereocenters. The van der Waals surface area contributed by atoms with E-state index in [9.17, 15) is 10.1 Å². The smallest absolute Gasteiger partial charge is 0.269 e. The van der Waals surface area contributed by atoms with Crippen LogP contribution < -0.4 is 5.32 Å². The number of hydrogen-bond acceptors (Lipinski definition) is 3. The first-order valence-electron chi connectivity index (χ1n) is 6.75. The average molecular weight is 270 g/mol. The minimum Gasteiger partial charge on any atom is -0.385 e. The lowest BCUT2D eigenvalue weighted by atomic mass is 10.1. The normalized spacial score (nSPS) is 10.2. The number of benzene rings is 2. The molecule has 1 N–H and O–H groups in total. The van der Waals surface area contributed by atoms with Crippen LogP contribution in [0.4, 0.5) is 11.4 Å². The summed E-state index contributed by atoms with van der Waals surface area (Å²) in [4.78, 5) is 10.2. The molecule has 0 spiro atoms. The van der Waals surface area contributed by atoms with E-state index in [0.29, 0.717) is 0 Å². The summed E-state index contributed by atoms with van der Waals surface area (Å²) < 4.78 is 0. The van der Waals surface area contributed by atoms with Gasteiger partial charge in [0.05, 0.1) is 4.92 Å². The van der Waals surface area contributed by atoms with Crippen molar-refractivity contribution in [2.75, 3.05) is 11.9 Å². The molecule has 0 aliphatic heterocycles. The molecule has 20 heavy (non-hydrogen) atoms. The van der Waals surface area contributed by atoms with Gasteiger partial charge < -0.3 is 5.32 Å². The molecule has 2 aromatic rings. The molecule has 2 rings (SSSR count). The molecule has 0 aromatic heterocycles. The topological polar surface area (TPSA) is 55.2 Å². The Labute approximate surface area is 118 Å². The maximum absolute atomic E-state index is 10.6. The van der Waals surface area contributed by atoms with Gasteiger partial charge in [-0.25, -0.2) is 0 Å². The van der Waals surface area contributed by atoms with Crippen LogP contribution in [0.2, 0.25) is 0 Å². The van der Waals surface area contributed by atoms with Crippen LogP contribution in [0.5, 0.6) is 0 Å². The summed E-state index contributed by atoms with van der Waals surface area (Å²) >= 11 is 0. The molecule has 0 radical (unpaired) electrons. The number of nitro groups is 1. The number of nitro benzene ring substituents is 1. The number of nitrogens with zero attached hydrogens (tertiary/aromatic N) is 1. The van der Waals surface area contributed by atoms with Crippen molar-refractivity contribution >= 4 is 11.4 Å². The Balaban J connectivity index is 1.84. The second-order valence-electron chi connectivity index (χ2n) is 4.65. The number of aryl methyl sites for hydroxylation is 1. The van der Waals surface area contributed by atoms with E-state index < -0.39 is 0 Å². The molecule has 0 aliphatic carbocycles. The van der Waals surface area contributed by atoms with Gasteiger partial charge >= 0.3 is 0 Å². The van der Waals surface area contributed by atoms with E-state index in [1.165, 1.54) is 5.56 Å². The van der Waals surface area contributed by atoms with Crippen LogP contribution in [0.1, 0.15) is 18.1 Å². The average Bonchev–Trinajstić information content (AvgIpc) is 2.48. The van der Waals surface area contributed by atoms with Crippen LogP contribution in [0.15, 0.2) is 48.5 Å². The SMILES string of the molecule is CCc1ccc(NCCc2ccc([N+](=O)[O-])cc2)cc1. The molecule has 0 fully saturated rings. The molecule has 0 amide bonds. The van der Waals surface area contributed by atoms with Gasteiger partial charge in [-0.05, 0) is 36.1 Å². The molecule has 4 nitrogen and oxygen atoms in total. The zero-order valence-corrected chi connectivity index (χ0v) is 11.5. The second kappa shape index (κ2) is 6.70. The van der Waals surface area contributed by atoms with Crippen LogP contribution in [-0.2, 0) is 12.8 Å². The molecule has 0 saturated carbocycles. The van der Waals surface area contributed by atoms with Crippen LogP contribution in [0.3, 0.4) is 0 Å². The summed E-state index contributed by atoms with van der Waals surface area (Å²) in [5, 5.41) is 13.9. The first-order valence-corrected chi connectivity index (χ1v) is 6.75. The quantitative estimate of drug-likeness (QED) is 0.641. The first-order chi connectivity index (χ1) is 9.69. The summed E-state index contributed by atoms with van der Waals surface area (Å²) in [6.07, 6.45) is 1.89. The molecule has 4 heteroatoms. The van der Waals surface area contributed by atoms with Crippen LogP contribution in [0.25, 0.3) is 0 Å². The summed E-state index contributed by atoms with van der Waals surface area (Å²) in [5.74, 6) is 0. The summed E-state index contributed by atoms with van der Waals surface area (Å²) in [6.45, 7) is 2.94. The van der Waals surface area contributed by atoms with Gasteiger partial charge in [-0.2, -0.15) is 0 Å². The van der Waals surface area contributed by atoms with Crippen LogP contribution in [0, 0.1) is 10.1 Å². The van der Waals surface area contributed by atoms with Crippen molar-refractivity contribution in [3.8, 4) is 0 Å².